The van der Waals surface area contributed by atoms with Crippen LogP contribution >= 0.6 is 11.6 Å². The fraction of sp³-hybridized carbons (Fsp3) is 0. The Bertz CT molecular complexity index is 699. The van der Waals surface area contributed by atoms with Gasteiger partial charge >= 0.3 is 6.01 Å². The smallest absolute Gasteiger partial charge is 0.323 e. The zero-order valence-corrected chi connectivity index (χ0v) is 11.3. The van der Waals surface area contributed by atoms with E-state index in [1.807, 2.05) is 42.5 Å². The SMILES string of the molecule is Clc1ccnc(Oc2ccc(-c3ccccc3)cc2)n1. The lowest BCUT2D eigenvalue weighted by Crippen LogP contribution is -1.91. The van der Waals surface area contributed by atoms with Crippen LogP contribution in [0.3, 0.4) is 0 Å². The van der Waals surface area contributed by atoms with Gasteiger partial charge in [0.05, 0.1) is 0 Å². The molecule has 0 radical (unpaired) electrons. The van der Waals surface area contributed by atoms with Gasteiger partial charge in [0.25, 0.3) is 0 Å². The van der Waals surface area contributed by atoms with Crippen molar-refractivity contribution < 1.29 is 4.74 Å². The lowest BCUT2D eigenvalue weighted by Gasteiger charge is -2.05. The van der Waals surface area contributed by atoms with E-state index in [9.17, 15) is 0 Å². The fourth-order valence-corrected chi connectivity index (χ4v) is 1.95. The predicted molar refractivity (Wildman–Crippen MR) is 79.0 cm³/mol. The Labute approximate surface area is 121 Å². The number of hydrogen-bond acceptors (Lipinski definition) is 3. The average Bonchev–Trinajstić information content (AvgIpc) is 2.49. The van der Waals surface area contributed by atoms with Crippen molar-refractivity contribution in [3.8, 4) is 22.9 Å². The van der Waals surface area contributed by atoms with Crippen LogP contribution in [0.4, 0.5) is 0 Å². The van der Waals surface area contributed by atoms with E-state index in [0.29, 0.717) is 10.9 Å². The number of ether oxygens (including phenoxy) is 1. The molecular formula is C16H11ClN2O. The molecule has 0 unspecified atom stereocenters. The number of hydrogen-bond donors (Lipinski definition) is 0. The summed E-state index contributed by atoms with van der Waals surface area (Å²) in [4.78, 5) is 7.98. The standard InChI is InChI=1S/C16H11ClN2O/c17-15-10-11-18-16(19-15)20-14-8-6-13(7-9-14)12-4-2-1-3-5-12/h1-11H. The van der Waals surface area contributed by atoms with Crippen molar-refractivity contribution in [3.63, 3.8) is 0 Å². The van der Waals surface area contributed by atoms with E-state index >= 15 is 0 Å². The van der Waals surface area contributed by atoms with Crippen LogP contribution in [0.2, 0.25) is 5.15 Å². The monoisotopic (exact) mass is 282 g/mol. The molecule has 98 valence electrons. The van der Waals surface area contributed by atoms with E-state index in [0.717, 1.165) is 11.1 Å². The van der Waals surface area contributed by atoms with E-state index in [1.54, 1.807) is 12.3 Å². The normalized spacial score (nSPS) is 10.2. The molecule has 0 spiro atoms. The number of halogens is 1. The molecule has 3 nitrogen and oxygen atoms in total. The third kappa shape index (κ3) is 2.95. The van der Waals surface area contributed by atoms with E-state index in [1.165, 1.54) is 0 Å². The van der Waals surface area contributed by atoms with Gasteiger partial charge in [-0.15, -0.1) is 0 Å². The van der Waals surface area contributed by atoms with Crippen LogP contribution in [0.25, 0.3) is 11.1 Å². The Kier molecular flexibility index (Phi) is 3.61. The molecule has 0 bridgehead atoms. The van der Waals surface area contributed by atoms with Crippen LogP contribution in [0, 0.1) is 0 Å². The van der Waals surface area contributed by atoms with Crippen molar-refractivity contribution in [2.24, 2.45) is 0 Å². The topological polar surface area (TPSA) is 35.0 Å². The zero-order chi connectivity index (χ0) is 13.8. The highest BCUT2D eigenvalue weighted by atomic mass is 35.5. The molecule has 0 saturated heterocycles. The largest absolute Gasteiger partial charge is 0.424 e. The molecule has 2 aromatic carbocycles. The predicted octanol–water partition coefficient (Wildman–Crippen LogP) is 4.59. The summed E-state index contributed by atoms with van der Waals surface area (Å²) in [6.07, 6.45) is 1.56. The fourth-order valence-electron chi connectivity index (χ4n) is 1.82. The molecule has 0 amide bonds. The van der Waals surface area contributed by atoms with Crippen LogP contribution in [0.1, 0.15) is 0 Å². The quantitative estimate of drug-likeness (QED) is 0.659. The van der Waals surface area contributed by atoms with Crippen LogP contribution in [0.5, 0.6) is 11.8 Å². The summed E-state index contributed by atoms with van der Waals surface area (Å²) in [7, 11) is 0. The van der Waals surface area contributed by atoms with E-state index < -0.39 is 0 Å². The van der Waals surface area contributed by atoms with Crippen LogP contribution in [-0.4, -0.2) is 9.97 Å². The Morgan fingerprint density at radius 3 is 2.20 bits per heavy atom. The Balaban J connectivity index is 1.80. The average molecular weight is 283 g/mol. The van der Waals surface area contributed by atoms with Gasteiger partial charge < -0.3 is 4.74 Å². The molecule has 3 aromatic rings. The van der Waals surface area contributed by atoms with E-state index in [2.05, 4.69) is 22.1 Å². The van der Waals surface area contributed by atoms with Gasteiger partial charge in [0.2, 0.25) is 0 Å². The highest BCUT2D eigenvalue weighted by Gasteiger charge is 2.02. The second-order valence-electron chi connectivity index (χ2n) is 4.15. The molecule has 0 saturated carbocycles. The molecule has 0 aliphatic heterocycles. The molecule has 20 heavy (non-hydrogen) atoms. The maximum atomic E-state index is 5.79. The molecule has 1 heterocycles. The van der Waals surface area contributed by atoms with Crippen molar-refractivity contribution >= 4 is 11.6 Å². The Hall–Kier alpha value is -2.39. The summed E-state index contributed by atoms with van der Waals surface area (Å²) in [5, 5.41) is 0.357. The summed E-state index contributed by atoms with van der Waals surface area (Å²) in [5.74, 6) is 0.673. The van der Waals surface area contributed by atoms with E-state index in [4.69, 9.17) is 16.3 Å². The number of aromatic nitrogens is 2. The third-order valence-corrected chi connectivity index (χ3v) is 2.98. The minimum absolute atomic E-state index is 0.241. The van der Waals surface area contributed by atoms with Gasteiger partial charge in [-0.2, -0.15) is 4.98 Å². The molecule has 0 N–H and O–H groups in total. The molecule has 3 rings (SSSR count). The first-order valence-corrected chi connectivity index (χ1v) is 6.51. The summed E-state index contributed by atoms with van der Waals surface area (Å²) in [6, 6.07) is 19.8. The molecule has 4 heteroatoms. The minimum Gasteiger partial charge on any atom is -0.424 e. The van der Waals surface area contributed by atoms with Crippen LogP contribution < -0.4 is 4.74 Å². The van der Waals surface area contributed by atoms with Gasteiger partial charge in [-0.1, -0.05) is 54.1 Å². The third-order valence-electron chi connectivity index (χ3n) is 2.77. The summed E-state index contributed by atoms with van der Waals surface area (Å²) >= 11 is 5.79. The van der Waals surface area contributed by atoms with Gasteiger partial charge in [0.1, 0.15) is 10.9 Å². The lowest BCUT2D eigenvalue weighted by atomic mass is 10.1. The van der Waals surface area contributed by atoms with Gasteiger partial charge in [0, 0.05) is 6.20 Å². The van der Waals surface area contributed by atoms with E-state index in [-0.39, 0.29) is 6.01 Å². The molecule has 0 fully saturated rings. The maximum absolute atomic E-state index is 5.79. The van der Waals surface area contributed by atoms with Gasteiger partial charge in [-0.05, 0) is 29.3 Å². The second kappa shape index (κ2) is 5.72. The van der Waals surface area contributed by atoms with Gasteiger partial charge in [0.15, 0.2) is 0 Å². The van der Waals surface area contributed by atoms with Crippen LogP contribution in [-0.2, 0) is 0 Å². The number of nitrogens with zero attached hydrogens (tertiary/aromatic N) is 2. The number of benzene rings is 2. The molecule has 0 atom stereocenters. The first-order valence-electron chi connectivity index (χ1n) is 6.13. The highest BCUT2D eigenvalue weighted by molar-refractivity contribution is 6.29. The first-order chi connectivity index (χ1) is 9.81. The maximum Gasteiger partial charge on any atom is 0.323 e. The number of rotatable bonds is 3. The zero-order valence-electron chi connectivity index (χ0n) is 10.5. The minimum atomic E-state index is 0.241. The van der Waals surface area contributed by atoms with Crippen molar-refractivity contribution in [1.82, 2.24) is 9.97 Å². The molecule has 0 aliphatic carbocycles. The highest BCUT2D eigenvalue weighted by Crippen LogP contribution is 2.24. The Morgan fingerprint density at radius 1 is 0.800 bits per heavy atom. The lowest BCUT2D eigenvalue weighted by molar-refractivity contribution is 0.442. The van der Waals surface area contributed by atoms with Crippen molar-refractivity contribution in [2.45, 2.75) is 0 Å². The molecular weight excluding hydrogens is 272 g/mol. The summed E-state index contributed by atoms with van der Waals surface area (Å²) < 4.78 is 5.54. The Morgan fingerprint density at radius 2 is 1.50 bits per heavy atom. The summed E-state index contributed by atoms with van der Waals surface area (Å²) in [6.45, 7) is 0. The first kappa shape index (κ1) is 12.6. The summed E-state index contributed by atoms with van der Waals surface area (Å²) in [5.41, 5.74) is 2.29. The van der Waals surface area contributed by atoms with Crippen molar-refractivity contribution in [2.75, 3.05) is 0 Å². The van der Waals surface area contributed by atoms with Gasteiger partial charge in [-0.25, -0.2) is 4.98 Å². The second-order valence-corrected chi connectivity index (χ2v) is 4.54. The molecule has 0 aliphatic rings. The molecule has 1 aromatic heterocycles. The van der Waals surface area contributed by atoms with Crippen molar-refractivity contribution in [1.29, 1.82) is 0 Å². The van der Waals surface area contributed by atoms with Crippen LogP contribution in [0.15, 0.2) is 66.9 Å². The van der Waals surface area contributed by atoms with Gasteiger partial charge in [-0.3, -0.25) is 0 Å². The van der Waals surface area contributed by atoms with Crippen molar-refractivity contribution in [3.05, 3.63) is 72.0 Å².